The molecule has 1 aromatic carbocycles. The number of benzene rings is 1. The van der Waals surface area contributed by atoms with Gasteiger partial charge in [-0.3, -0.25) is 9.59 Å². The van der Waals surface area contributed by atoms with Crippen molar-refractivity contribution in [2.75, 3.05) is 6.54 Å². The molecule has 2 N–H and O–H groups in total. The van der Waals surface area contributed by atoms with Crippen LogP contribution in [0, 0.1) is 5.92 Å². The number of hydrogen-bond donors (Lipinski definition) is 2. The van der Waals surface area contributed by atoms with E-state index in [4.69, 9.17) is 5.11 Å². The summed E-state index contributed by atoms with van der Waals surface area (Å²) in [6.45, 7) is 5.94. The summed E-state index contributed by atoms with van der Waals surface area (Å²) >= 11 is 0. The second kappa shape index (κ2) is 9.70. The van der Waals surface area contributed by atoms with Crippen LogP contribution in [0.3, 0.4) is 0 Å². The third kappa shape index (κ3) is 7.26. The molecule has 0 aliphatic rings. The predicted molar refractivity (Wildman–Crippen MR) is 91.2 cm³/mol. The van der Waals surface area contributed by atoms with Crippen LogP contribution in [-0.4, -0.2) is 40.4 Å². The lowest BCUT2D eigenvalue weighted by Gasteiger charge is -2.22. The first-order valence-electron chi connectivity index (χ1n) is 8.11. The van der Waals surface area contributed by atoms with Gasteiger partial charge < -0.3 is 15.3 Å². The Balaban J connectivity index is 2.55. The standard InChI is InChI=1S/C18H26N2O4/c1-13(2)11-16(18(23)24)19-17(22)9-10-20(14(3)21)12-15-7-5-4-6-8-15/h4-8,13,16H,9-12H2,1-3H3,(H,19,22)(H,23,24)/t16-/m0/s1. The number of amides is 2. The summed E-state index contributed by atoms with van der Waals surface area (Å²) in [5, 5.41) is 11.7. The molecule has 1 aromatic rings. The van der Waals surface area contributed by atoms with Gasteiger partial charge in [-0.25, -0.2) is 4.79 Å². The zero-order chi connectivity index (χ0) is 18.1. The van der Waals surface area contributed by atoms with E-state index >= 15 is 0 Å². The monoisotopic (exact) mass is 334 g/mol. The van der Waals surface area contributed by atoms with Crippen LogP contribution in [0.15, 0.2) is 30.3 Å². The normalized spacial score (nSPS) is 11.8. The topological polar surface area (TPSA) is 86.7 Å². The highest BCUT2D eigenvalue weighted by Crippen LogP contribution is 2.07. The minimum Gasteiger partial charge on any atom is -0.480 e. The van der Waals surface area contributed by atoms with Gasteiger partial charge >= 0.3 is 5.97 Å². The molecule has 6 nitrogen and oxygen atoms in total. The van der Waals surface area contributed by atoms with Gasteiger partial charge in [0.15, 0.2) is 0 Å². The maximum atomic E-state index is 12.0. The zero-order valence-electron chi connectivity index (χ0n) is 14.5. The average Bonchev–Trinajstić information content (AvgIpc) is 2.51. The number of aliphatic carboxylic acids is 1. The Bertz CT molecular complexity index is 557. The van der Waals surface area contributed by atoms with Crippen LogP contribution in [0.2, 0.25) is 0 Å². The van der Waals surface area contributed by atoms with Gasteiger partial charge in [0.05, 0.1) is 0 Å². The van der Waals surface area contributed by atoms with E-state index in [1.165, 1.54) is 6.92 Å². The molecular formula is C18H26N2O4. The average molecular weight is 334 g/mol. The first-order valence-corrected chi connectivity index (χ1v) is 8.11. The molecule has 0 heterocycles. The maximum absolute atomic E-state index is 12.0. The Kier molecular flexibility index (Phi) is 7.95. The first kappa shape index (κ1) is 19.7. The summed E-state index contributed by atoms with van der Waals surface area (Å²) in [5.41, 5.74) is 0.983. The molecule has 1 rings (SSSR count). The van der Waals surface area contributed by atoms with Gasteiger partial charge in [0.1, 0.15) is 6.04 Å². The molecule has 0 saturated carbocycles. The lowest BCUT2D eigenvalue weighted by atomic mass is 10.0. The van der Waals surface area contributed by atoms with Crippen LogP contribution in [0.25, 0.3) is 0 Å². The van der Waals surface area contributed by atoms with Crippen LogP contribution in [-0.2, 0) is 20.9 Å². The second-order valence-electron chi connectivity index (χ2n) is 6.26. The Morgan fingerprint density at radius 3 is 2.29 bits per heavy atom. The van der Waals surface area contributed by atoms with Gasteiger partial charge in [0.25, 0.3) is 0 Å². The highest BCUT2D eigenvalue weighted by Gasteiger charge is 2.21. The fourth-order valence-corrected chi connectivity index (χ4v) is 2.35. The zero-order valence-corrected chi connectivity index (χ0v) is 14.5. The number of carbonyl (C=O) groups excluding carboxylic acids is 2. The first-order chi connectivity index (χ1) is 11.3. The van der Waals surface area contributed by atoms with E-state index < -0.39 is 12.0 Å². The molecule has 1 atom stereocenters. The molecule has 0 aromatic heterocycles. The molecular weight excluding hydrogens is 308 g/mol. The molecule has 0 radical (unpaired) electrons. The van der Waals surface area contributed by atoms with E-state index in [1.54, 1.807) is 4.90 Å². The highest BCUT2D eigenvalue weighted by molar-refractivity contribution is 5.84. The van der Waals surface area contributed by atoms with Gasteiger partial charge in [0, 0.05) is 26.4 Å². The molecule has 0 bridgehead atoms. The fraction of sp³-hybridized carbons (Fsp3) is 0.500. The quantitative estimate of drug-likeness (QED) is 0.723. The fourth-order valence-electron chi connectivity index (χ4n) is 2.35. The van der Waals surface area contributed by atoms with Crippen molar-refractivity contribution in [1.82, 2.24) is 10.2 Å². The number of carbonyl (C=O) groups is 3. The van der Waals surface area contributed by atoms with Crippen LogP contribution in [0.5, 0.6) is 0 Å². The van der Waals surface area contributed by atoms with Crippen LogP contribution in [0.1, 0.15) is 39.2 Å². The van der Waals surface area contributed by atoms with E-state index in [2.05, 4.69) is 5.32 Å². The van der Waals surface area contributed by atoms with Crippen molar-refractivity contribution < 1.29 is 19.5 Å². The van der Waals surface area contributed by atoms with Gasteiger partial charge in [-0.2, -0.15) is 0 Å². The molecule has 0 unspecified atom stereocenters. The van der Waals surface area contributed by atoms with Gasteiger partial charge in [-0.15, -0.1) is 0 Å². The number of carboxylic acid groups (broad SMARTS) is 1. The predicted octanol–water partition coefficient (Wildman–Crippen LogP) is 2.04. The Labute approximate surface area is 142 Å². The second-order valence-corrected chi connectivity index (χ2v) is 6.26. The third-order valence-electron chi connectivity index (χ3n) is 3.61. The van der Waals surface area contributed by atoms with E-state index in [0.717, 1.165) is 5.56 Å². The largest absolute Gasteiger partial charge is 0.480 e. The van der Waals surface area contributed by atoms with E-state index in [-0.39, 0.29) is 30.7 Å². The van der Waals surface area contributed by atoms with Crippen molar-refractivity contribution in [3.05, 3.63) is 35.9 Å². The highest BCUT2D eigenvalue weighted by atomic mass is 16.4. The maximum Gasteiger partial charge on any atom is 0.326 e. The van der Waals surface area contributed by atoms with E-state index in [9.17, 15) is 14.4 Å². The van der Waals surface area contributed by atoms with E-state index in [0.29, 0.717) is 13.0 Å². The number of nitrogens with zero attached hydrogens (tertiary/aromatic N) is 1. The van der Waals surface area contributed by atoms with Crippen molar-refractivity contribution in [2.45, 2.75) is 46.2 Å². The summed E-state index contributed by atoms with van der Waals surface area (Å²) < 4.78 is 0. The van der Waals surface area contributed by atoms with E-state index in [1.807, 2.05) is 44.2 Å². The Morgan fingerprint density at radius 2 is 1.79 bits per heavy atom. The summed E-state index contributed by atoms with van der Waals surface area (Å²) in [5.74, 6) is -1.35. The molecule has 132 valence electrons. The third-order valence-corrected chi connectivity index (χ3v) is 3.61. The van der Waals surface area contributed by atoms with Crippen LogP contribution < -0.4 is 5.32 Å². The SMILES string of the molecule is CC(=O)N(CCC(=O)N[C@@H](CC(C)C)C(=O)O)Cc1ccccc1. The Hall–Kier alpha value is -2.37. The molecule has 0 aliphatic heterocycles. The molecule has 0 spiro atoms. The molecule has 2 amide bonds. The number of rotatable bonds is 9. The minimum atomic E-state index is -1.04. The lowest BCUT2D eigenvalue weighted by molar-refractivity contribution is -0.142. The lowest BCUT2D eigenvalue weighted by Crippen LogP contribution is -2.43. The minimum absolute atomic E-state index is 0.0777. The molecule has 24 heavy (non-hydrogen) atoms. The summed E-state index contributed by atoms with van der Waals surface area (Å²) in [4.78, 5) is 36.5. The van der Waals surface area contributed by atoms with Crippen LogP contribution in [0.4, 0.5) is 0 Å². The van der Waals surface area contributed by atoms with Crippen LogP contribution >= 0.6 is 0 Å². The van der Waals surface area contributed by atoms with Crippen molar-refractivity contribution in [3.8, 4) is 0 Å². The van der Waals surface area contributed by atoms with Crippen molar-refractivity contribution in [2.24, 2.45) is 5.92 Å². The smallest absolute Gasteiger partial charge is 0.326 e. The summed E-state index contributed by atoms with van der Waals surface area (Å²) in [6.07, 6.45) is 0.454. The van der Waals surface area contributed by atoms with Crippen molar-refractivity contribution in [1.29, 1.82) is 0 Å². The molecule has 0 saturated heterocycles. The number of carboxylic acids is 1. The summed E-state index contributed by atoms with van der Waals surface area (Å²) in [6, 6.07) is 8.62. The van der Waals surface area contributed by atoms with Gasteiger partial charge in [-0.1, -0.05) is 44.2 Å². The Morgan fingerprint density at radius 1 is 1.17 bits per heavy atom. The molecule has 0 fully saturated rings. The number of hydrogen-bond acceptors (Lipinski definition) is 3. The summed E-state index contributed by atoms with van der Waals surface area (Å²) in [7, 11) is 0. The molecule has 0 aliphatic carbocycles. The molecule has 6 heteroatoms. The number of nitrogens with one attached hydrogen (secondary N) is 1. The van der Waals surface area contributed by atoms with Crippen molar-refractivity contribution >= 4 is 17.8 Å². The van der Waals surface area contributed by atoms with Gasteiger partial charge in [0.2, 0.25) is 11.8 Å². The van der Waals surface area contributed by atoms with Gasteiger partial charge in [-0.05, 0) is 17.9 Å². The van der Waals surface area contributed by atoms with Crippen molar-refractivity contribution in [3.63, 3.8) is 0 Å².